The lowest BCUT2D eigenvalue weighted by atomic mass is 10.3. The highest BCUT2D eigenvalue weighted by Crippen LogP contribution is 2.14. The van der Waals surface area contributed by atoms with Gasteiger partial charge in [-0.05, 0) is 18.2 Å². The minimum absolute atomic E-state index is 0.112. The first-order valence-electron chi connectivity index (χ1n) is 4.27. The maximum atomic E-state index is 11.2. The van der Waals surface area contributed by atoms with E-state index >= 15 is 0 Å². The van der Waals surface area contributed by atoms with E-state index in [9.17, 15) is 8.42 Å². The predicted octanol–water partition coefficient (Wildman–Crippen LogP) is 0.656. The van der Waals surface area contributed by atoms with Crippen LogP contribution in [0.4, 0.5) is 5.69 Å². The van der Waals surface area contributed by atoms with Crippen LogP contribution in [-0.2, 0) is 9.84 Å². The molecule has 1 aromatic carbocycles. The molecule has 0 fully saturated rings. The quantitative estimate of drug-likeness (QED) is 0.512. The van der Waals surface area contributed by atoms with Crippen LogP contribution >= 0.6 is 0 Å². The lowest BCUT2D eigenvalue weighted by Crippen LogP contribution is -2.25. The van der Waals surface area contributed by atoms with Gasteiger partial charge in [0.1, 0.15) is 0 Å². The molecule has 6 heteroatoms. The number of hydrogen-bond donors (Lipinski definition) is 3. The third-order valence-electron chi connectivity index (χ3n) is 1.78. The first kappa shape index (κ1) is 11.5. The van der Waals surface area contributed by atoms with Crippen molar-refractivity contribution in [3.63, 3.8) is 0 Å². The van der Waals surface area contributed by atoms with Gasteiger partial charge in [-0.1, -0.05) is 6.07 Å². The van der Waals surface area contributed by atoms with Gasteiger partial charge in [0, 0.05) is 19.0 Å². The maximum absolute atomic E-state index is 11.2. The Morgan fingerprint density at radius 2 is 2.07 bits per heavy atom. The van der Waals surface area contributed by atoms with E-state index in [-0.39, 0.29) is 10.9 Å². The molecule has 0 aromatic heterocycles. The van der Waals surface area contributed by atoms with E-state index in [0.29, 0.717) is 5.69 Å². The van der Waals surface area contributed by atoms with Crippen molar-refractivity contribution < 1.29 is 8.42 Å². The summed E-state index contributed by atoms with van der Waals surface area (Å²) < 4.78 is 22.5. The molecule has 0 saturated carbocycles. The Balaban J connectivity index is 2.99. The Morgan fingerprint density at radius 1 is 1.40 bits per heavy atom. The lowest BCUT2D eigenvalue weighted by molar-refractivity contribution is 0.602. The molecule has 82 valence electrons. The second kappa shape index (κ2) is 4.31. The number of rotatable bonds is 2. The molecule has 15 heavy (non-hydrogen) atoms. The van der Waals surface area contributed by atoms with Crippen molar-refractivity contribution in [1.29, 1.82) is 5.41 Å². The minimum Gasteiger partial charge on any atom is -0.359 e. The third-order valence-corrected chi connectivity index (χ3v) is 2.89. The maximum Gasteiger partial charge on any atom is 0.192 e. The van der Waals surface area contributed by atoms with Crippen molar-refractivity contribution in [3.8, 4) is 0 Å². The van der Waals surface area contributed by atoms with Crippen LogP contribution < -0.4 is 10.6 Å². The largest absolute Gasteiger partial charge is 0.359 e. The highest BCUT2D eigenvalue weighted by atomic mass is 32.2. The van der Waals surface area contributed by atoms with Gasteiger partial charge in [0.25, 0.3) is 0 Å². The zero-order valence-electron chi connectivity index (χ0n) is 8.53. The fraction of sp³-hybridized carbons (Fsp3) is 0.222. The molecule has 0 aliphatic carbocycles. The Morgan fingerprint density at radius 3 is 2.60 bits per heavy atom. The summed E-state index contributed by atoms with van der Waals surface area (Å²) in [7, 11) is -1.59. The lowest BCUT2D eigenvalue weighted by Gasteiger charge is -2.07. The van der Waals surface area contributed by atoms with Gasteiger partial charge in [-0.25, -0.2) is 8.42 Å². The number of hydrogen-bond acceptors (Lipinski definition) is 3. The van der Waals surface area contributed by atoms with Crippen molar-refractivity contribution in [1.82, 2.24) is 5.32 Å². The number of nitrogens with one attached hydrogen (secondary N) is 3. The molecule has 5 nitrogen and oxygen atoms in total. The molecule has 0 atom stereocenters. The molecular formula is C9H13N3O2S. The highest BCUT2D eigenvalue weighted by molar-refractivity contribution is 7.90. The van der Waals surface area contributed by atoms with Gasteiger partial charge < -0.3 is 10.6 Å². The molecule has 1 rings (SSSR count). The van der Waals surface area contributed by atoms with Gasteiger partial charge >= 0.3 is 0 Å². The molecule has 0 spiro atoms. The molecule has 3 N–H and O–H groups in total. The van der Waals surface area contributed by atoms with Gasteiger partial charge in [0.2, 0.25) is 0 Å². The zero-order valence-corrected chi connectivity index (χ0v) is 9.35. The second-order valence-electron chi connectivity index (χ2n) is 3.05. The van der Waals surface area contributed by atoms with Crippen LogP contribution in [0.1, 0.15) is 0 Å². The van der Waals surface area contributed by atoms with Crippen molar-refractivity contribution in [2.45, 2.75) is 4.90 Å². The van der Waals surface area contributed by atoms with E-state index in [1.165, 1.54) is 12.1 Å². The van der Waals surface area contributed by atoms with Crippen LogP contribution in [0.2, 0.25) is 0 Å². The van der Waals surface area contributed by atoms with Gasteiger partial charge in [-0.3, -0.25) is 5.41 Å². The van der Waals surface area contributed by atoms with Crippen LogP contribution in [0.3, 0.4) is 0 Å². The monoisotopic (exact) mass is 227 g/mol. The molecule has 0 radical (unpaired) electrons. The summed E-state index contributed by atoms with van der Waals surface area (Å²) in [5.74, 6) is 0.112. The molecule has 0 aliphatic heterocycles. The van der Waals surface area contributed by atoms with Crippen molar-refractivity contribution in [2.24, 2.45) is 0 Å². The molecule has 0 amide bonds. The van der Waals surface area contributed by atoms with Gasteiger partial charge in [0.15, 0.2) is 15.8 Å². The molecule has 0 heterocycles. The fourth-order valence-corrected chi connectivity index (χ4v) is 1.68. The van der Waals surface area contributed by atoms with Crippen molar-refractivity contribution in [3.05, 3.63) is 24.3 Å². The Kier molecular flexibility index (Phi) is 3.31. The van der Waals surface area contributed by atoms with Gasteiger partial charge in [0.05, 0.1) is 4.90 Å². The predicted molar refractivity (Wildman–Crippen MR) is 60.0 cm³/mol. The number of guanidine groups is 1. The molecule has 1 aromatic rings. The summed E-state index contributed by atoms with van der Waals surface area (Å²) in [5.41, 5.74) is 0.567. The van der Waals surface area contributed by atoms with E-state index in [2.05, 4.69) is 10.6 Å². The Hall–Kier alpha value is -1.56. The summed E-state index contributed by atoms with van der Waals surface area (Å²) >= 11 is 0. The normalized spacial score (nSPS) is 10.8. The molecule has 0 aliphatic rings. The number of benzene rings is 1. The summed E-state index contributed by atoms with van der Waals surface area (Å²) in [4.78, 5) is 0.233. The van der Waals surface area contributed by atoms with Crippen LogP contribution in [-0.4, -0.2) is 27.7 Å². The summed E-state index contributed by atoms with van der Waals surface area (Å²) in [6.07, 6.45) is 1.15. The smallest absolute Gasteiger partial charge is 0.192 e. The van der Waals surface area contributed by atoms with E-state index in [4.69, 9.17) is 5.41 Å². The van der Waals surface area contributed by atoms with E-state index < -0.39 is 9.84 Å². The molecular weight excluding hydrogens is 214 g/mol. The van der Waals surface area contributed by atoms with E-state index in [1.807, 2.05) is 0 Å². The van der Waals surface area contributed by atoms with E-state index in [0.717, 1.165) is 6.26 Å². The SMILES string of the molecule is CNC(=N)Nc1cccc(S(C)(=O)=O)c1. The standard InChI is InChI=1S/C9H13N3O2S/c1-11-9(10)12-7-4-3-5-8(6-7)15(2,13)14/h3-6H,1-2H3,(H3,10,11,12). The van der Waals surface area contributed by atoms with Crippen LogP contribution in [0, 0.1) is 5.41 Å². The average molecular weight is 227 g/mol. The molecule has 0 unspecified atom stereocenters. The Labute approximate surface area is 88.9 Å². The topological polar surface area (TPSA) is 82.1 Å². The average Bonchev–Trinajstić information content (AvgIpc) is 2.17. The Bertz CT molecular complexity index is 468. The summed E-state index contributed by atoms with van der Waals surface area (Å²) in [6.45, 7) is 0. The third kappa shape index (κ3) is 3.25. The summed E-state index contributed by atoms with van der Waals surface area (Å²) in [6, 6.07) is 6.33. The van der Waals surface area contributed by atoms with E-state index in [1.54, 1.807) is 19.2 Å². The number of anilines is 1. The van der Waals surface area contributed by atoms with Crippen LogP contribution in [0.25, 0.3) is 0 Å². The van der Waals surface area contributed by atoms with Gasteiger partial charge in [-0.2, -0.15) is 0 Å². The fourth-order valence-electron chi connectivity index (χ4n) is 1.01. The zero-order chi connectivity index (χ0) is 11.5. The molecule has 0 bridgehead atoms. The second-order valence-corrected chi connectivity index (χ2v) is 5.07. The highest BCUT2D eigenvalue weighted by Gasteiger charge is 2.07. The number of sulfone groups is 1. The van der Waals surface area contributed by atoms with Gasteiger partial charge in [-0.15, -0.1) is 0 Å². The first-order valence-corrected chi connectivity index (χ1v) is 6.16. The first-order chi connectivity index (χ1) is 6.93. The van der Waals surface area contributed by atoms with Crippen molar-refractivity contribution >= 4 is 21.5 Å². The summed E-state index contributed by atoms with van der Waals surface area (Å²) in [5, 5.41) is 12.6. The van der Waals surface area contributed by atoms with Crippen LogP contribution in [0.15, 0.2) is 29.2 Å². The minimum atomic E-state index is -3.20. The van der Waals surface area contributed by atoms with Crippen LogP contribution in [0.5, 0.6) is 0 Å². The molecule has 0 saturated heterocycles. The van der Waals surface area contributed by atoms with Crippen molar-refractivity contribution in [2.75, 3.05) is 18.6 Å².